The predicted molar refractivity (Wildman–Crippen MR) is 97.8 cm³/mol. The highest BCUT2D eigenvalue weighted by molar-refractivity contribution is 8.14. The van der Waals surface area contributed by atoms with E-state index in [1.807, 2.05) is 0 Å². The van der Waals surface area contributed by atoms with Crippen molar-refractivity contribution < 1.29 is 13.9 Å². The highest BCUT2D eigenvalue weighted by Gasteiger charge is 2.46. The van der Waals surface area contributed by atoms with Crippen LogP contribution in [0.1, 0.15) is 17.5 Å². The number of amidine groups is 1. The molecule has 0 radical (unpaired) electrons. The van der Waals surface area contributed by atoms with Crippen molar-refractivity contribution in [3.05, 3.63) is 57.7 Å². The average molecular weight is 371 g/mol. The van der Waals surface area contributed by atoms with Crippen LogP contribution in [0.15, 0.2) is 40.4 Å². The van der Waals surface area contributed by atoms with Gasteiger partial charge in [-0.25, -0.2) is 4.39 Å². The summed E-state index contributed by atoms with van der Waals surface area (Å²) in [7, 11) is 1.48. The van der Waals surface area contributed by atoms with Gasteiger partial charge in [-0.2, -0.15) is 0 Å². The van der Waals surface area contributed by atoms with Crippen molar-refractivity contribution in [2.24, 2.45) is 15.8 Å². The highest BCUT2D eigenvalue weighted by atomic mass is 32.2. The molecule has 2 aliphatic heterocycles. The molecule has 7 nitrogen and oxygen atoms in total. The zero-order valence-corrected chi connectivity index (χ0v) is 14.6. The number of thioether (sulfide) groups is 1. The van der Waals surface area contributed by atoms with E-state index in [-0.39, 0.29) is 5.75 Å². The molecule has 9 heteroatoms. The first-order valence-corrected chi connectivity index (χ1v) is 8.63. The minimum atomic E-state index is -0.703. The molecule has 1 atom stereocenters. The van der Waals surface area contributed by atoms with E-state index in [0.717, 1.165) is 5.56 Å². The van der Waals surface area contributed by atoms with Crippen molar-refractivity contribution in [1.29, 1.82) is 0 Å². The lowest BCUT2D eigenvalue weighted by Crippen LogP contribution is -2.35. The van der Waals surface area contributed by atoms with Crippen LogP contribution in [0.5, 0.6) is 17.2 Å². The summed E-state index contributed by atoms with van der Waals surface area (Å²) < 4.78 is 25.1. The van der Waals surface area contributed by atoms with Gasteiger partial charge in [0.15, 0.2) is 16.7 Å². The standard InChI is InChI=1S/C17H14FN5O2S/c1-24-10-7-12-15(13(18)8-10)25-14-3-2-9(22-23-20)6-11(14)17(12)4-5-21-16(19)26-17/h2-3,6-8H,4-5H2,1H3,(H2,19,21)/t17-/m0/s1. The smallest absolute Gasteiger partial charge is 0.169 e. The number of aliphatic imine (C=N–C) groups is 1. The summed E-state index contributed by atoms with van der Waals surface area (Å²) in [6, 6.07) is 8.10. The number of hydrogen-bond acceptors (Lipinski definition) is 6. The molecule has 0 saturated heterocycles. The summed E-state index contributed by atoms with van der Waals surface area (Å²) in [5.41, 5.74) is 16.6. The van der Waals surface area contributed by atoms with Crippen LogP contribution in [0.25, 0.3) is 10.4 Å². The SMILES string of the molecule is COc1cc(F)c2c(c1)[C@]1(CCN=C(N)S1)c1cc(N=[N+]=[N-])ccc1O2. The third-order valence-electron chi connectivity index (χ3n) is 4.47. The Bertz CT molecular complexity index is 989. The molecule has 26 heavy (non-hydrogen) atoms. The van der Waals surface area contributed by atoms with Gasteiger partial charge in [0.25, 0.3) is 0 Å². The third kappa shape index (κ3) is 2.44. The molecule has 0 amide bonds. The van der Waals surface area contributed by atoms with E-state index in [4.69, 9.17) is 20.7 Å². The molecular formula is C17H14FN5O2S. The third-order valence-corrected chi connectivity index (χ3v) is 5.80. The second kappa shape index (κ2) is 6.12. The Hall–Kier alpha value is -2.90. The van der Waals surface area contributed by atoms with Crippen LogP contribution in [0.4, 0.5) is 10.1 Å². The number of halogens is 1. The Labute approximate surface area is 152 Å². The number of benzene rings is 2. The summed E-state index contributed by atoms with van der Waals surface area (Å²) in [5, 5.41) is 4.08. The number of hydrogen-bond donors (Lipinski definition) is 1. The largest absolute Gasteiger partial charge is 0.497 e. The summed E-state index contributed by atoms with van der Waals surface area (Å²) in [6.07, 6.45) is 0.591. The van der Waals surface area contributed by atoms with Crippen molar-refractivity contribution in [1.82, 2.24) is 0 Å². The summed E-state index contributed by atoms with van der Waals surface area (Å²) >= 11 is 1.34. The van der Waals surface area contributed by atoms with E-state index >= 15 is 0 Å². The van der Waals surface area contributed by atoms with Crippen molar-refractivity contribution in [2.45, 2.75) is 11.2 Å². The molecule has 0 aromatic heterocycles. The van der Waals surface area contributed by atoms with Gasteiger partial charge in [-0.3, -0.25) is 4.99 Å². The number of ether oxygens (including phenoxy) is 2. The van der Waals surface area contributed by atoms with Crippen LogP contribution in [-0.2, 0) is 4.75 Å². The number of nitrogens with zero attached hydrogens (tertiary/aromatic N) is 4. The zero-order chi connectivity index (χ0) is 18.3. The van der Waals surface area contributed by atoms with Crippen molar-refractivity contribution in [3.63, 3.8) is 0 Å². The summed E-state index contributed by atoms with van der Waals surface area (Å²) in [6.45, 7) is 0.488. The monoisotopic (exact) mass is 371 g/mol. The summed E-state index contributed by atoms with van der Waals surface area (Å²) in [5.74, 6) is 0.531. The van der Waals surface area contributed by atoms with Crippen LogP contribution < -0.4 is 15.2 Å². The Morgan fingerprint density at radius 2 is 2.23 bits per heavy atom. The Morgan fingerprint density at radius 1 is 1.38 bits per heavy atom. The van der Waals surface area contributed by atoms with E-state index < -0.39 is 10.6 Å². The van der Waals surface area contributed by atoms with Gasteiger partial charge < -0.3 is 15.2 Å². The Morgan fingerprint density at radius 3 is 2.96 bits per heavy atom. The second-order valence-electron chi connectivity index (χ2n) is 5.86. The lowest BCUT2D eigenvalue weighted by atomic mass is 9.83. The van der Waals surface area contributed by atoms with Gasteiger partial charge >= 0.3 is 0 Å². The van der Waals surface area contributed by atoms with Crippen molar-refractivity contribution in [2.75, 3.05) is 13.7 Å². The fourth-order valence-corrected chi connectivity index (χ4v) is 4.58. The Balaban J connectivity index is 2.02. The van der Waals surface area contributed by atoms with Crippen molar-refractivity contribution in [3.8, 4) is 17.2 Å². The van der Waals surface area contributed by atoms with Gasteiger partial charge in [-0.1, -0.05) is 16.9 Å². The first-order chi connectivity index (χ1) is 12.6. The Kier molecular flexibility index (Phi) is 3.90. The fourth-order valence-electron chi connectivity index (χ4n) is 3.35. The van der Waals surface area contributed by atoms with Crippen LogP contribution in [0.2, 0.25) is 0 Å². The van der Waals surface area contributed by atoms with Crippen LogP contribution in [0.3, 0.4) is 0 Å². The molecular weight excluding hydrogens is 357 g/mol. The first kappa shape index (κ1) is 16.6. The number of methoxy groups -OCH3 is 1. The lowest BCUT2D eigenvalue weighted by Gasteiger charge is -2.41. The maximum atomic E-state index is 14.7. The molecule has 0 bridgehead atoms. The average Bonchev–Trinajstić information content (AvgIpc) is 2.63. The van der Waals surface area contributed by atoms with Gasteiger partial charge in [0.2, 0.25) is 0 Å². The van der Waals surface area contributed by atoms with Gasteiger partial charge in [0, 0.05) is 34.3 Å². The summed E-state index contributed by atoms with van der Waals surface area (Å²) in [4.78, 5) is 7.10. The molecule has 2 aromatic carbocycles. The maximum absolute atomic E-state index is 14.7. The van der Waals surface area contributed by atoms with E-state index in [0.29, 0.717) is 40.9 Å². The number of azide groups is 1. The predicted octanol–water partition coefficient (Wildman–Crippen LogP) is 4.58. The molecule has 0 aliphatic carbocycles. The van der Waals surface area contributed by atoms with Crippen LogP contribution >= 0.6 is 11.8 Å². The van der Waals surface area contributed by atoms with Crippen molar-refractivity contribution >= 4 is 22.6 Å². The maximum Gasteiger partial charge on any atom is 0.169 e. The topological polar surface area (TPSA) is 106 Å². The van der Waals surface area contributed by atoms with E-state index in [2.05, 4.69) is 15.0 Å². The minimum Gasteiger partial charge on any atom is -0.497 e. The van der Waals surface area contributed by atoms with Crippen LogP contribution in [0, 0.1) is 5.82 Å². The van der Waals surface area contributed by atoms with Gasteiger partial charge in [0.05, 0.1) is 11.9 Å². The lowest BCUT2D eigenvalue weighted by molar-refractivity contribution is 0.382. The highest BCUT2D eigenvalue weighted by Crippen LogP contribution is 2.58. The fraction of sp³-hybridized carbons (Fsp3) is 0.235. The molecule has 4 rings (SSSR count). The van der Waals surface area contributed by atoms with Gasteiger partial charge in [-0.15, -0.1) is 0 Å². The number of fused-ring (bicyclic) bond motifs is 4. The molecule has 0 saturated carbocycles. The zero-order valence-electron chi connectivity index (χ0n) is 13.8. The molecule has 2 heterocycles. The molecule has 2 N–H and O–H groups in total. The normalized spacial score (nSPS) is 20.3. The quantitative estimate of drug-likeness (QED) is 0.474. The number of rotatable bonds is 2. The van der Waals surface area contributed by atoms with E-state index in [9.17, 15) is 4.39 Å². The minimum absolute atomic E-state index is 0.150. The van der Waals surface area contributed by atoms with E-state index in [1.54, 1.807) is 24.3 Å². The molecule has 132 valence electrons. The molecule has 1 spiro atoms. The first-order valence-electron chi connectivity index (χ1n) is 7.82. The van der Waals surface area contributed by atoms with Gasteiger partial charge in [0.1, 0.15) is 11.5 Å². The second-order valence-corrected chi connectivity index (χ2v) is 7.18. The molecule has 2 aromatic rings. The van der Waals surface area contributed by atoms with E-state index in [1.165, 1.54) is 24.9 Å². The number of nitrogens with two attached hydrogens (primary N) is 1. The van der Waals surface area contributed by atoms with Crippen LogP contribution in [-0.4, -0.2) is 18.8 Å². The molecule has 2 aliphatic rings. The molecule has 0 fully saturated rings. The molecule has 0 unspecified atom stereocenters. The van der Waals surface area contributed by atoms with Gasteiger partial charge in [-0.05, 0) is 36.2 Å².